The third kappa shape index (κ3) is 4.33. The predicted molar refractivity (Wildman–Crippen MR) is 79.9 cm³/mol. The first-order valence-corrected chi connectivity index (χ1v) is 7.32. The molecule has 3 nitrogen and oxygen atoms in total. The van der Waals surface area contributed by atoms with Crippen LogP contribution in [0.3, 0.4) is 0 Å². The van der Waals surface area contributed by atoms with Crippen LogP contribution in [-0.2, 0) is 13.0 Å². The van der Waals surface area contributed by atoms with Crippen LogP contribution in [-0.4, -0.2) is 18.1 Å². The molecule has 0 spiro atoms. The van der Waals surface area contributed by atoms with Gasteiger partial charge in [-0.05, 0) is 38.0 Å². The summed E-state index contributed by atoms with van der Waals surface area (Å²) in [5.74, 6) is 0.917. The maximum atomic E-state index is 5.24. The van der Waals surface area contributed by atoms with Gasteiger partial charge in [-0.3, -0.25) is 0 Å². The molecule has 4 heteroatoms. The van der Waals surface area contributed by atoms with E-state index in [1.165, 1.54) is 5.56 Å². The zero-order chi connectivity index (χ0) is 13.7. The average molecular weight is 276 g/mol. The fraction of sp³-hybridized carbons (Fsp3) is 0.400. The molecule has 0 aliphatic carbocycles. The van der Waals surface area contributed by atoms with Gasteiger partial charge in [-0.1, -0.05) is 12.1 Å². The molecule has 0 fully saturated rings. The lowest BCUT2D eigenvalue weighted by molar-refractivity contribution is 0.414. The first-order chi connectivity index (χ1) is 9.17. The Morgan fingerprint density at radius 2 is 2.26 bits per heavy atom. The normalized spacial score (nSPS) is 12.4. The van der Waals surface area contributed by atoms with Gasteiger partial charge in [0.25, 0.3) is 0 Å². The van der Waals surface area contributed by atoms with Crippen molar-refractivity contribution < 1.29 is 4.74 Å². The number of aryl methyl sites for hydroxylation is 1. The van der Waals surface area contributed by atoms with E-state index < -0.39 is 0 Å². The van der Waals surface area contributed by atoms with Gasteiger partial charge in [0.05, 0.1) is 17.8 Å². The predicted octanol–water partition coefficient (Wildman–Crippen LogP) is 3.18. The van der Waals surface area contributed by atoms with E-state index in [9.17, 15) is 0 Å². The Balaban J connectivity index is 1.84. The van der Waals surface area contributed by atoms with Crippen LogP contribution >= 0.6 is 11.3 Å². The molecule has 0 aliphatic rings. The van der Waals surface area contributed by atoms with Crippen molar-refractivity contribution in [1.82, 2.24) is 10.3 Å². The van der Waals surface area contributed by atoms with Crippen LogP contribution in [0.2, 0.25) is 0 Å². The van der Waals surface area contributed by atoms with Crippen molar-refractivity contribution in [3.8, 4) is 5.75 Å². The maximum absolute atomic E-state index is 5.24. The van der Waals surface area contributed by atoms with Gasteiger partial charge in [0.1, 0.15) is 5.75 Å². The van der Waals surface area contributed by atoms with E-state index >= 15 is 0 Å². The Morgan fingerprint density at radius 1 is 1.42 bits per heavy atom. The molecule has 0 saturated heterocycles. The fourth-order valence-corrected chi connectivity index (χ4v) is 2.61. The first kappa shape index (κ1) is 14.0. The van der Waals surface area contributed by atoms with Crippen LogP contribution in [0.25, 0.3) is 0 Å². The summed E-state index contributed by atoms with van der Waals surface area (Å²) in [5.41, 5.74) is 2.41. The lowest BCUT2D eigenvalue weighted by Crippen LogP contribution is -2.27. The third-order valence-electron chi connectivity index (χ3n) is 2.97. The lowest BCUT2D eigenvalue weighted by atomic mass is 10.1. The van der Waals surface area contributed by atoms with Crippen LogP contribution in [0.1, 0.15) is 23.2 Å². The van der Waals surface area contributed by atoms with E-state index in [1.54, 1.807) is 18.4 Å². The Bertz CT molecular complexity index is 524. The molecule has 1 heterocycles. The zero-order valence-corrected chi connectivity index (χ0v) is 12.5. The second kappa shape index (κ2) is 6.68. The molecule has 19 heavy (non-hydrogen) atoms. The van der Waals surface area contributed by atoms with Crippen molar-refractivity contribution in [3.05, 3.63) is 45.9 Å². The molecule has 0 radical (unpaired) electrons. The summed E-state index contributed by atoms with van der Waals surface area (Å²) in [6.07, 6.45) is 0.986. The molecule has 1 aromatic heterocycles. The molecular formula is C15H20N2OS. The average Bonchev–Trinajstić information content (AvgIpc) is 2.82. The van der Waals surface area contributed by atoms with Crippen molar-refractivity contribution in [2.45, 2.75) is 32.9 Å². The minimum atomic E-state index is 0.411. The smallest absolute Gasteiger partial charge is 0.119 e. The van der Waals surface area contributed by atoms with Gasteiger partial charge in [-0.2, -0.15) is 0 Å². The Hall–Kier alpha value is -1.39. The second-order valence-corrected chi connectivity index (χ2v) is 5.76. The SMILES string of the molecule is COc1cccc(C[C@@H](C)NCc2csc(C)n2)c1. The van der Waals surface area contributed by atoms with Gasteiger partial charge in [-0.25, -0.2) is 4.98 Å². The van der Waals surface area contributed by atoms with Gasteiger partial charge < -0.3 is 10.1 Å². The van der Waals surface area contributed by atoms with Gasteiger partial charge in [0.2, 0.25) is 0 Å². The second-order valence-electron chi connectivity index (χ2n) is 4.70. The monoisotopic (exact) mass is 276 g/mol. The van der Waals surface area contributed by atoms with Crippen molar-refractivity contribution >= 4 is 11.3 Å². The molecule has 0 saturated carbocycles. The van der Waals surface area contributed by atoms with E-state index in [4.69, 9.17) is 4.74 Å². The molecular weight excluding hydrogens is 256 g/mol. The molecule has 0 amide bonds. The summed E-state index contributed by atoms with van der Waals surface area (Å²) >= 11 is 1.70. The number of aromatic nitrogens is 1. The number of benzene rings is 1. The van der Waals surface area contributed by atoms with Crippen molar-refractivity contribution in [2.75, 3.05) is 7.11 Å². The Kier molecular flexibility index (Phi) is 4.93. The van der Waals surface area contributed by atoms with Crippen molar-refractivity contribution in [1.29, 1.82) is 0 Å². The summed E-state index contributed by atoms with van der Waals surface area (Å²) in [5, 5.41) is 6.74. The number of thiazole rings is 1. The molecule has 0 unspecified atom stereocenters. The Labute approximate surface area is 118 Å². The molecule has 0 aliphatic heterocycles. The lowest BCUT2D eigenvalue weighted by Gasteiger charge is -2.13. The van der Waals surface area contributed by atoms with E-state index in [1.807, 2.05) is 19.1 Å². The summed E-state index contributed by atoms with van der Waals surface area (Å²) in [6, 6.07) is 8.64. The summed E-state index contributed by atoms with van der Waals surface area (Å²) in [7, 11) is 1.70. The summed E-state index contributed by atoms with van der Waals surface area (Å²) in [4.78, 5) is 4.45. The number of nitrogens with one attached hydrogen (secondary N) is 1. The minimum Gasteiger partial charge on any atom is -0.497 e. The van der Waals surface area contributed by atoms with Gasteiger partial charge in [0, 0.05) is 18.0 Å². The van der Waals surface area contributed by atoms with E-state index in [-0.39, 0.29) is 0 Å². The number of hydrogen-bond acceptors (Lipinski definition) is 4. The molecule has 1 N–H and O–H groups in total. The molecule has 2 rings (SSSR count). The molecule has 2 aromatic rings. The summed E-state index contributed by atoms with van der Waals surface area (Å²) < 4.78 is 5.24. The molecule has 1 atom stereocenters. The third-order valence-corrected chi connectivity index (χ3v) is 3.80. The number of methoxy groups -OCH3 is 1. The van der Waals surface area contributed by atoms with Gasteiger partial charge in [-0.15, -0.1) is 11.3 Å². The van der Waals surface area contributed by atoms with E-state index in [0.717, 1.165) is 29.4 Å². The van der Waals surface area contributed by atoms with E-state index in [0.29, 0.717) is 6.04 Å². The Morgan fingerprint density at radius 3 is 2.95 bits per heavy atom. The van der Waals surface area contributed by atoms with Crippen LogP contribution < -0.4 is 10.1 Å². The molecule has 102 valence electrons. The number of nitrogens with zero attached hydrogens (tertiary/aromatic N) is 1. The minimum absolute atomic E-state index is 0.411. The highest BCUT2D eigenvalue weighted by molar-refractivity contribution is 7.09. The van der Waals surface area contributed by atoms with Crippen molar-refractivity contribution in [2.24, 2.45) is 0 Å². The van der Waals surface area contributed by atoms with Gasteiger partial charge in [0.15, 0.2) is 0 Å². The zero-order valence-electron chi connectivity index (χ0n) is 11.6. The van der Waals surface area contributed by atoms with Gasteiger partial charge >= 0.3 is 0 Å². The highest BCUT2D eigenvalue weighted by Crippen LogP contribution is 2.14. The molecule has 0 bridgehead atoms. The first-order valence-electron chi connectivity index (χ1n) is 6.44. The van der Waals surface area contributed by atoms with Crippen LogP contribution in [0.4, 0.5) is 0 Å². The van der Waals surface area contributed by atoms with Crippen LogP contribution in [0.15, 0.2) is 29.6 Å². The highest BCUT2D eigenvalue weighted by Gasteiger charge is 2.05. The number of ether oxygens (including phenoxy) is 1. The standard InChI is InChI=1S/C15H20N2OS/c1-11(16-9-14-10-19-12(2)17-14)7-13-5-4-6-15(8-13)18-3/h4-6,8,10-11,16H,7,9H2,1-3H3/t11-/m1/s1. The number of rotatable bonds is 6. The summed E-state index contributed by atoms with van der Waals surface area (Å²) in [6.45, 7) is 5.06. The van der Waals surface area contributed by atoms with Crippen LogP contribution in [0.5, 0.6) is 5.75 Å². The van der Waals surface area contributed by atoms with Crippen molar-refractivity contribution in [3.63, 3.8) is 0 Å². The van der Waals surface area contributed by atoms with Crippen LogP contribution in [0, 0.1) is 6.92 Å². The van der Waals surface area contributed by atoms with E-state index in [2.05, 4.69) is 34.7 Å². The fourth-order valence-electron chi connectivity index (χ4n) is 1.99. The number of hydrogen-bond donors (Lipinski definition) is 1. The maximum Gasteiger partial charge on any atom is 0.119 e. The largest absolute Gasteiger partial charge is 0.497 e. The topological polar surface area (TPSA) is 34.1 Å². The highest BCUT2D eigenvalue weighted by atomic mass is 32.1. The quantitative estimate of drug-likeness (QED) is 0.880. The molecule has 1 aromatic carbocycles.